The van der Waals surface area contributed by atoms with Crippen molar-refractivity contribution in [2.45, 2.75) is 41.7 Å². The lowest BCUT2D eigenvalue weighted by Crippen LogP contribution is -2.50. The zero-order valence-electron chi connectivity index (χ0n) is 19.2. The van der Waals surface area contributed by atoms with Crippen molar-refractivity contribution in [3.63, 3.8) is 0 Å². The Hall–Kier alpha value is -2.79. The highest BCUT2D eigenvalue weighted by atomic mass is 35.5. The number of hydrogen-bond donors (Lipinski definition) is 2. The van der Waals surface area contributed by atoms with Crippen LogP contribution in [0.1, 0.15) is 30.3 Å². The molecule has 182 valence electrons. The molecule has 1 amide bonds. The maximum Gasteiger partial charge on any atom is 0.274 e. The first-order valence-electron chi connectivity index (χ1n) is 11.4. The highest BCUT2D eigenvalue weighted by Crippen LogP contribution is 2.42. The third-order valence-corrected chi connectivity index (χ3v) is 8.28. The fourth-order valence-electron chi connectivity index (χ4n) is 4.57. The van der Waals surface area contributed by atoms with E-state index in [1.807, 2.05) is 12.1 Å². The first-order valence-corrected chi connectivity index (χ1v) is 12.6. The number of hydrogen-bond acceptors (Lipinski definition) is 9. The molecule has 9 nitrogen and oxygen atoms in total. The van der Waals surface area contributed by atoms with Gasteiger partial charge in [-0.25, -0.2) is 19.9 Å². The van der Waals surface area contributed by atoms with E-state index in [9.17, 15) is 4.79 Å². The number of amides is 1. The van der Waals surface area contributed by atoms with Gasteiger partial charge >= 0.3 is 0 Å². The monoisotopic (exact) mass is 511 g/mol. The molecule has 0 radical (unpaired) electrons. The van der Waals surface area contributed by atoms with Crippen molar-refractivity contribution < 1.29 is 9.53 Å². The molecule has 35 heavy (non-hydrogen) atoms. The second-order valence-corrected chi connectivity index (χ2v) is 10.4. The number of aromatic nitrogens is 4. The van der Waals surface area contributed by atoms with Crippen molar-refractivity contribution in [3.05, 3.63) is 59.9 Å². The van der Waals surface area contributed by atoms with Crippen LogP contribution in [0.4, 0.5) is 11.6 Å². The van der Waals surface area contributed by atoms with E-state index in [0.717, 1.165) is 42.3 Å². The van der Waals surface area contributed by atoms with Gasteiger partial charge in [0.15, 0.2) is 0 Å². The molecule has 0 unspecified atom stereocenters. The summed E-state index contributed by atoms with van der Waals surface area (Å²) in [5, 5.41) is 3.24. The normalized spacial score (nSPS) is 21.3. The molecule has 1 aromatic carbocycles. The lowest BCUT2D eigenvalue weighted by Gasteiger charge is -2.41. The maximum absolute atomic E-state index is 12.4. The quantitative estimate of drug-likeness (QED) is 0.528. The average Bonchev–Trinajstić information content (AvgIpc) is 3.16. The van der Waals surface area contributed by atoms with Gasteiger partial charge in [0.1, 0.15) is 12.0 Å². The number of nitrogens with zero attached hydrogens (tertiary/aromatic N) is 5. The van der Waals surface area contributed by atoms with Crippen molar-refractivity contribution >= 4 is 40.9 Å². The summed E-state index contributed by atoms with van der Waals surface area (Å²) >= 11 is 8.02. The number of benzene rings is 1. The van der Waals surface area contributed by atoms with Crippen molar-refractivity contribution in [2.75, 3.05) is 29.9 Å². The van der Waals surface area contributed by atoms with Gasteiger partial charge in [0, 0.05) is 52.9 Å². The molecule has 2 saturated heterocycles. The van der Waals surface area contributed by atoms with Gasteiger partial charge in [-0.05, 0) is 38.0 Å². The predicted octanol–water partition coefficient (Wildman–Crippen LogP) is 3.66. The molecule has 3 aromatic rings. The summed E-state index contributed by atoms with van der Waals surface area (Å²) in [6.07, 6.45) is 8.49. The van der Waals surface area contributed by atoms with Crippen LogP contribution in [-0.2, 0) is 4.74 Å². The lowest BCUT2D eigenvalue weighted by atomic mass is 9.73. The Morgan fingerprint density at radius 2 is 2.00 bits per heavy atom. The van der Waals surface area contributed by atoms with Crippen LogP contribution in [0.3, 0.4) is 0 Å². The standard InChI is InChI=1S/C24H26ClN7O2S/c1-15-21(26)24(13-34-15)6-9-32(10-7-24)23-28-11-16(12-29-23)35-19-4-2-3-17(20(19)25)31-22(33)18-5-8-27-14-30-18/h2-5,8,11-12,14-15,21H,6-7,9-10,13,26H2,1H3,(H,31,33)/t15-,21-/m0/s1. The van der Waals surface area contributed by atoms with Crippen LogP contribution >= 0.6 is 23.4 Å². The van der Waals surface area contributed by atoms with Crippen molar-refractivity contribution in [2.24, 2.45) is 11.1 Å². The minimum Gasteiger partial charge on any atom is -0.376 e. The summed E-state index contributed by atoms with van der Waals surface area (Å²) in [7, 11) is 0. The Morgan fingerprint density at radius 3 is 2.66 bits per heavy atom. The van der Waals surface area contributed by atoms with Gasteiger partial charge in [0.25, 0.3) is 5.91 Å². The molecule has 2 atom stereocenters. The van der Waals surface area contributed by atoms with Gasteiger partial charge < -0.3 is 20.7 Å². The second kappa shape index (κ2) is 10.1. The molecule has 2 aliphatic heterocycles. The molecular formula is C24H26ClN7O2S. The van der Waals surface area contributed by atoms with Crippen LogP contribution in [0.5, 0.6) is 0 Å². The minimum atomic E-state index is -0.355. The smallest absolute Gasteiger partial charge is 0.274 e. The molecule has 0 aliphatic carbocycles. The number of carbonyl (C=O) groups excluding carboxylic acids is 1. The van der Waals surface area contributed by atoms with E-state index in [0.29, 0.717) is 16.7 Å². The van der Waals surface area contributed by atoms with E-state index >= 15 is 0 Å². The molecule has 11 heteroatoms. The highest BCUT2D eigenvalue weighted by molar-refractivity contribution is 7.99. The first-order chi connectivity index (χ1) is 16.9. The summed E-state index contributed by atoms with van der Waals surface area (Å²) in [6, 6.07) is 7.09. The summed E-state index contributed by atoms with van der Waals surface area (Å²) in [4.78, 5) is 33.2. The molecule has 2 aromatic heterocycles. The summed E-state index contributed by atoms with van der Waals surface area (Å²) in [5.41, 5.74) is 7.26. The fourth-order valence-corrected chi connectivity index (χ4v) is 5.67. The summed E-state index contributed by atoms with van der Waals surface area (Å²) in [6.45, 7) is 4.50. The number of ether oxygens (including phenoxy) is 1. The summed E-state index contributed by atoms with van der Waals surface area (Å²) < 4.78 is 5.82. The molecular weight excluding hydrogens is 486 g/mol. The first kappa shape index (κ1) is 23.9. The SMILES string of the molecule is C[C@@H]1OCC2(CCN(c3ncc(Sc4cccc(NC(=O)c5ccncn5)c4Cl)cn3)CC2)[C@H]1N. The Kier molecular flexibility index (Phi) is 6.88. The summed E-state index contributed by atoms with van der Waals surface area (Å²) in [5.74, 6) is 0.355. The zero-order chi connectivity index (χ0) is 24.4. The topological polar surface area (TPSA) is 119 Å². The Balaban J connectivity index is 1.22. The Morgan fingerprint density at radius 1 is 1.23 bits per heavy atom. The number of piperidine rings is 1. The fraction of sp³-hybridized carbons (Fsp3) is 0.375. The maximum atomic E-state index is 12.4. The van der Waals surface area contributed by atoms with Gasteiger partial charge in [-0.2, -0.15) is 0 Å². The third kappa shape index (κ3) is 4.97. The van der Waals surface area contributed by atoms with Gasteiger partial charge in [0.05, 0.1) is 23.4 Å². The van der Waals surface area contributed by atoms with Crippen LogP contribution in [0.2, 0.25) is 5.02 Å². The van der Waals surface area contributed by atoms with Crippen LogP contribution in [0.25, 0.3) is 0 Å². The largest absolute Gasteiger partial charge is 0.376 e. The molecule has 4 heterocycles. The van der Waals surface area contributed by atoms with E-state index in [1.165, 1.54) is 24.3 Å². The van der Waals surface area contributed by atoms with Crippen LogP contribution in [0.15, 0.2) is 59.0 Å². The van der Waals surface area contributed by atoms with Crippen molar-refractivity contribution in [1.29, 1.82) is 0 Å². The van der Waals surface area contributed by atoms with Gasteiger partial charge in [-0.1, -0.05) is 29.4 Å². The molecule has 3 N–H and O–H groups in total. The molecule has 2 aliphatic rings. The molecule has 1 spiro atoms. The highest BCUT2D eigenvalue weighted by Gasteiger charge is 2.47. The van der Waals surface area contributed by atoms with Gasteiger partial charge in [-0.15, -0.1) is 0 Å². The molecule has 5 rings (SSSR count). The van der Waals surface area contributed by atoms with Crippen molar-refractivity contribution in [1.82, 2.24) is 19.9 Å². The third-order valence-electron chi connectivity index (χ3n) is 6.76. The van der Waals surface area contributed by atoms with Gasteiger partial charge in [0.2, 0.25) is 5.95 Å². The van der Waals surface area contributed by atoms with Crippen LogP contribution < -0.4 is 16.0 Å². The minimum absolute atomic E-state index is 0.0658. The van der Waals surface area contributed by atoms with Crippen LogP contribution in [0, 0.1) is 5.41 Å². The lowest BCUT2D eigenvalue weighted by molar-refractivity contribution is 0.0973. The van der Waals surface area contributed by atoms with Gasteiger partial charge in [-0.3, -0.25) is 4.79 Å². The zero-order valence-corrected chi connectivity index (χ0v) is 20.8. The van der Waals surface area contributed by atoms with E-state index in [1.54, 1.807) is 24.5 Å². The van der Waals surface area contributed by atoms with Crippen molar-refractivity contribution in [3.8, 4) is 0 Å². The van der Waals surface area contributed by atoms with E-state index < -0.39 is 0 Å². The number of nitrogens with two attached hydrogens (primary N) is 1. The van der Waals surface area contributed by atoms with E-state index in [2.05, 4.69) is 37.1 Å². The number of carbonyl (C=O) groups is 1. The number of nitrogens with one attached hydrogen (secondary N) is 1. The number of rotatable bonds is 5. The second-order valence-electron chi connectivity index (χ2n) is 8.88. The van der Waals surface area contributed by atoms with Crippen LogP contribution in [-0.4, -0.2) is 57.7 Å². The predicted molar refractivity (Wildman–Crippen MR) is 135 cm³/mol. The van der Waals surface area contributed by atoms with E-state index in [4.69, 9.17) is 22.1 Å². The van der Waals surface area contributed by atoms with E-state index in [-0.39, 0.29) is 29.2 Å². The Bertz CT molecular complexity index is 1190. The Labute approximate surface area is 212 Å². The molecule has 2 fully saturated rings. The number of halogens is 1. The molecule has 0 saturated carbocycles. The molecule has 0 bridgehead atoms. The average molecular weight is 512 g/mol. The number of anilines is 2.